The molecule has 1 aliphatic rings. The molecule has 10 nitrogen and oxygen atoms in total. The van der Waals surface area contributed by atoms with E-state index in [2.05, 4.69) is 20.4 Å². The van der Waals surface area contributed by atoms with Gasteiger partial charge in [-0.25, -0.2) is 4.79 Å². The maximum atomic E-state index is 13.3. The van der Waals surface area contributed by atoms with Crippen LogP contribution < -0.4 is 10.6 Å². The van der Waals surface area contributed by atoms with E-state index >= 15 is 0 Å². The molecule has 0 saturated heterocycles. The molecule has 2 amide bonds. The first kappa shape index (κ1) is 24.9. The molecule has 180 valence electrons. The van der Waals surface area contributed by atoms with Crippen LogP contribution >= 0.6 is 0 Å². The van der Waals surface area contributed by atoms with Crippen LogP contribution in [0, 0.1) is 5.92 Å². The molecule has 0 bridgehead atoms. The van der Waals surface area contributed by atoms with Crippen molar-refractivity contribution in [2.45, 2.75) is 64.1 Å². The molecular formula is C24H29N5O5. The Labute approximate surface area is 197 Å². The first-order chi connectivity index (χ1) is 16.3. The molecule has 3 N–H and O–H groups in total. The summed E-state index contributed by atoms with van der Waals surface area (Å²) in [4.78, 5) is 55.9. The largest absolute Gasteiger partial charge is 0.461 e. The highest BCUT2D eigenvalue weighted by atomic mass is 16.5. The molecule has 2 atom stereocenters. The van der Waals surface area contributed by atoms with Crippen LogP contribution in [0.15, 0.2) is 30.5 Å². The fraction of sp³-hybridized carbons (Fsp3) is 0.458. The van der Waals surface area contributed by atoms with E-state index < -0.39 is 35.8 Å². The van der Waals surface area contributed by atoms with Crippen LogP contribution in [0.25, 0.3) is 16.4 Å². The number of amides is 2. The predicted octanol–water partition coefficient (Wildman–Crippen LogP) is 1.69. The van der Waals surface area contributed by atoms with E-state index in [9.17, 15) is 19.2 Å². The Morgan fingerprint density at radius 2 is 1.91 bits per heavy atom. The Bertz CT molecular complexity index is 1110. The first-order valence-corrected chi connectivity index (χ1v) is 11.3. The highest BCUT2D eigenvalue weighted by molar-refractivity contribution is 6.25. The van der Waals surface area contributed by atoms with Gasteiger partial charge < -0.3 is 25.9 Å². The SMILES string of the molecule is CC(C)OC(=O)[C@H](CCC(=O)C=[N+]=[N-])NC(=O)[C@H](Cc1c[nH]c2ccccc12)NC(=O)C1CC1. The molecule has 1 aliphatic carbocycles. The standard InChI is InChI=1S/C24H29N5O5/c1-14(2)34-24(33)20(10-9-17(30)13-27-25)28-23(32)21(29-22(31)15-7-8-15)11-16-12-26-19-6-4-3-5-18(16)19/h3-6,12-15,20-21,26H,7-11H2,1-2H3,(H,28,32)(H,29,31)/t20-,21-/m0/s1. The second-order valence-corrected chi connectivity index (χ2v) is 8.70. The number of hydrogen-bond acceptors (Lipinski definition) is 5. The molecule has 0 aliphatic heterocycles. The quantitative estimate of drug-likeness (QED) is 0.188. The number of esters is 1. The van der Waals surface area contributed by atoms with E-state index in [4.69, 9.17) is 10.3 Å². The summed E-state index contributed by atoms with van der Waals surface area (Å²) in [5, 5.41) is 6.40. The molecule has 10 heteroatoms. The minimum Gasteiger partial charge on any atom is -0.461 e. The number of Topliss-reactive ketones (excluding diaryl/α,β-unsaturated/α-hetero) is 1. The van der Waals surface area contributed by atoms with Gasteiger partial charge >= 0.3 is 12.2 Å². The number of fused-ring (bicyclic) bond motifs is 1. The van der Waals surface area contributed by atoms with Crippen LogP contribution in [0.2, 0.25) is 0 Å². The number of ketones is 1. The monoisotopic (exact) mass is 467 g/mol. The Morgan fingerprint density at radius 3 is 2.59 bits per heavy atom. The van der Waals surface area contributed by atoms with Gasteiger partial charge in [-0.3, -0.25) is 14.4 Å². The molecule has 0 radical (unpaired) electrons. The Kier molecular flexibility index (Phi) is 8.32. The molecule has 0 unspecified atom stereocenters. The molecule has 34 heavy (non-hydrogen) atoms. The third kappa shape index (κ3) is 6.86. The van der Waals surface area contributed by atoms with E-state index in [1.165, 1.54) is 0 Å². The Balaban J connectivity index is 1.78. The molecule has 1 aromatic carbocycles. The number of para-hydroxylation sites is 1. The summed E-state index contributed by atoms with van der Waals surface area (Å²) in [7, 11) is 0. The van der Waals surface area contributed by atoms with Gasteiger partial charge in [0.1, 0.15) is 12.1 Å². The van der Waals surface area contributed by atoms with Crippen molar-refractivity contribution >= 4 is 40.7 Å². The third-order valence-electron chi connectivity index (χ3n) is 5.51. The molecule has 3 rings (SSSR count). The number of nitrogens with one attached hydrogen (secondary N) is 3. The maximum absolute atomic E-state index is 13.3. The Hall–Kier alpha value is -3.78. The molecule has 0 spiro atoms. The van der Waals surface area contributed by atoms with Crippen molar-refractivity contribution in [3.05, 3.63) is 41.6 Å². The first-order valence-electron chi connectivity index (χ1n) is 11.3. The summed E-state index contributed by atoms with van der Waals surface area (Å²) in [5.74, 6) is -2.04. The lowest BCUT2D eigenvalue weighted by atomic mass is 10.0. The Morgan fingerprint density at radius 1 is 1.18 bits per heavy atom. The van der Waals surface area contributed by atoms with Crippen molar-refractivity contribution in [3.63, 3.8) is 0 Å². The van der Waals surface area contributed by atoms with Gasteiger partial charge in [0.15, 0.2) is 0 Å². The van der Waals surface area contributed by atoms with Crippen molar-refractivity contribution in [2.75, 3.05) is 0 Å². The van der Waals surface area contributed by atoms with E-state index in [-0.39, 0.29) is 31.1 Å². The van der Waals surface area contributed by atoms with Crippen LogP contribution in [-0.2, 0) is 30.3 Å². The van der Waals surface area contributed by atoms with E-state index in [0.717, 1.165) is 35.5 Å². The van der Waals surface area contributed by atoms with Crippen LogP contribution in [0.5, 0.6) is 0 Å². The summed E-state index contributed by atoms with van der Waals surface area (Å²) in [6.07, 6.45) is 3.72. The summed E-state index contributed by atoms with van der Waals surface area (Å²) in [5.41, 5.74) is 10.3. The van der Waals surface area contributed by atoms with Gasteiger partial charge in [0.25, 0.3) is 0 Å². The van der Waals surface area contributed by atoms with Gasteiger partial charge in [-0.2, -0.15) is 4.79 Å². The fourth-order valence-corrected chi connectivity index (χ4v) is 3.62. The predicted molar refractivity (Wildman–Crippen MR) is 124 cm³/mol. The fourth-order valence-electron chi connectivity index (χ4n) is 3.62. The average Bonchev–Trinajstić information content (AvgIpc) is 3.57. The molecule has 1 saturated carbocycles. The van der Waals surface area contributed by atoms with Gasteiger partial charge in [-0.1, -0.05) is 18.2 Å². The molecule has 2 aromatic rings. The lowest BCUT2D eigenvalue weighted by molar-refractivity contribution is -0.152. The maximum Gasteiger partial charge on any atom is 0.328 e. The number of ether oxygens (including phenoxy) is 1. The van der Waals surface area contributed by atoms with Crippen molar-refractivity contribution in [1.82, 2.24) is 15.6 Å². The number of H-pyrrole nitrogens is 1. The topological polar surface area (TPSA) is 154 Å². The number of rotatable bonds is 12. The van der Waals surface area contributed by atoms with Gasteiger partial charge in [-0.15, -0.1) is 0 Å². The lowest BCUT2D eigenvalue weighted by Gasteiger charge is -2.23. The number of benzene rings is 1. The lowest BCUT2D eigenvalue weighted by Crippen LogP contribution is -2.53. The summed E-state index contributed by atoms with van der Waals surface area (Å²) in [6.45, 7) is 3.35. The van der Waals surface area contributed by atoms with Crippen LogP contribution in [0.1, 0.15) is 45.1 Å². The van der Waals surface area contributed by atoms with Gasteiger partial charge in [0.2, 0.25) is 17.6 Å². The number of hydrogen-bond donors (Lipinski definition) is 3. The summed E-state index contributed by atoms with van der Waals surface area (Å²) < 4.78 is 5.24. The van der Waals surface area contributed by atoms with Gasteiger partial charge in [0, 0.05) is 35.9 Å². The second kappa shape index (κ2) is 11.4. The van der Waals surface area contributed by atoms with Gasteiger partial charge in [0.05, 0.1) is 6.10 Å². The van der Waals surface area contributed by atoms with E-state index in [1.54, 1.807) is 20.0 Å². The zero-order valence-electron chi connectivity index (χ0n) is 19.2. The highest BCUT2D eigenvalue weighted by Crippen LogP contribution is 2.29. The van der Waals surface area contributed by atoms with Crippen molar-refractivity contribution in [3.8, 4) is 0 Å². The van der Waals surface area contributed by atoms with Crippen molar-refractivity contribution in [2.24, 2.45) is 5.92 Å². The molecule has 1 heterocycles. The summed E-state index contributed by atoms with van der Waals surface area (Å²) in [6, 6.07) is 5.61. The number of carbonyl (C=O) groups is 4. The molecular weight excluding hydrogens is 438 g/mol. The zero-order chi connectivity index (χ0) is 24.7. The number of aromatic nitrogens is 1. The van der Waals surface area contributed by atoms with E-state index in [1.807, 2.05) is 24.3 Å². The molecule has 1 aromatic heterocycles. The van der Waals surface area contributed by atoms with Crippen molar-refractivity contribution in [1.29, 1.82) is 0 Å². The van der Waals surface area contributed by atoms with Crippen LogP contribution in [0.3, 0.4) is 0 Å². The van der Waals surface area contributed by atoms with Gasteiger partial charge in [-0.05, 0) is 44.7 Å². The van der Waals surface area contributed by atoms with Crippen LogP contribution in [0.4, 0.5) is 0 Å². The minimum absolute atomic E-state index is 0.0431. The zero-order valence-corrected chi connectivity index (χ0v) is 19.2. The molecule has 1 fully saturated rings. The van der Waals surface area contributed by atoms with E-state index in [0.29, 0.717) is 0 Å². The average molecular weight is 468 g/mol. The normalized spacial score (nSPS) is 14.7. The van der Waals surface area contributed by atoms with Crippen LogP contribution in [-0.4, -0.2) is 57.7 Å². The number of carbonyl (C=O) groups excluding carboxylic acids is 4. The second-order valence-electron chi connectivity index (χ2n) is 8.70. The third-order valence-corrected chi connectivity index (χ3v) is 5.51. The number of nitrogens with zero attached hydrogens (tertiary/aromatic N) is 2. The smallest absolute Gasteiger partial charge is 0.328 e. The minimum atomic E-state index is -1.10. The highest BCUT2D eigenvalue weighted by Gasteiger charge is 2.34. The van der Waals surface area contributed by atoms with Crippen molar-refractivity contribution < 1.29 is 28.7 Å². The summed E-state index contributed by atoms with van der Waals surface area (Å²) >= 11 is 0. The number of aromatic amines is 1.